The van der Waals surface area contributed by atoms with Gasteiger partial charge in [0.05, 0.1) is 0 Å². The number of hydrogen-bond acceptors (Lipinski definition) is 0. The van der Waals surface area contributed by atoms with Gasteiger partial charge < -0.3 is 6.92 Å². The molecule has 0 atom stereocenters. The van der Waals surface area contributed by atoms with Crippen molar-refractivity contribution in [1.82, 2.24) is 0 Å². The van der Waals surface area contributed by atoms with Crippen molar-refractivity contribution in [2.75, 3.05) is 0 Å². The Morgan fingerprint density at radius 2 is 0.600 bits per heavy atom. The Labute approximate surface area is 144 Å². The molecule has 0 aromatic carbocycles. The smallest absolute Gasteiger partial charge is 0 e. The van der Waals surface area contributed by atoms with Gasteiger partial charge in [0.15, 0.2) is 0 Å². The van der Waals surface area contributed by atoms with E-state index in [1.807, 2.05) is 27.7 Å². The molecule has 0 bridgehead atoms. The van der Waals surface area contributed by atoms with E-state index in [0.717, 1.165) is 0 Å². The van der Waals surface area contributed by atoms with E-state index in [0.29, 0.717) is 0 Å². The van der Waals surface area contributed by atoms with Gasteiger partial charge in [-0.2, -0.15) is 6.92 Å². The second kappa shape index (κ2) is 144. The van der Waals surface area contributed by atoms with Crippen LogP contribution < -0.4 is 0 Å². The van der Waals surface area contributed by atoms with Crippen molar-refractivity contribution in [2.24, 2.45) is 0 Å². The van der Waals surface area contributed by atoms with Crippen LogP contribution in [-0.2, 0) is 98.1 Å². The summed E-state index contributed by atoms with van der Waals surface area (Å²) in [7, 11) is 0. The molecule has 0 unspecified atom stereocenters. The van der Waals surface area contributed by atoms with Crippen LogP contribution in [0.2, 0.25) is 0 Å². The van der Waals surface area contributed by atoms with E-state index in [2.05, 4.69) is 6.92 Å². The molecular weight excluding hydrogens is 351 g/mol. The van der Waals surface area contributed by atoms with Gasteiger partial charge in [0.25, 0.3) is 0 Å². The average molecular weight is 372 g/mol. The predicted molar refractivity (Wildman–Crippen MR) is 40.5 cm³/mol. The van der Waals surface area contributed by atoms with Gasteiger partial charge in [-0.1, -0.05) is 35.1 Å². The summed E-state index contributed by atoms with van der Waals surface area (Å²) in [4.78, 5) is 0. The summed E-state index contributed by atoms with van der Waals surface area (Å²) in [5.41, 5.74) is 0. The Morgan fingerprint density at radius 3 is 0.600 bits per heavy atom. The molecule has 0 fully saturated rings. The van der Waals surface area contributed by atoms with Gasteiger partial charge in [-0.3, -0.25) is 0 Å². The first-order valence-electron chi connectivity index (χ1n) is 2.71. The Morgan fingerprint density at radius 1 is 0.600 bits per heavy atom. The fourth-order valence-corrected chi connectivity index (χ4v) is 0. The van der Waals surface area contributed by atoms with Crippen molar-refractivity contribution < 1.29 is 98.1 Å². The molecule has 0 spiro atoms. The summed E-state index contributed by atoms with van der Waals surface area (Å²) in [6.07, 6.45) is 0. The minimum absolute atomic E-state index is 0. The zero-order chi connectivity index (χ0) is 6.00. The van der Waals surface area contributed by atoms with E-state index in [9.17, 15) is 0 Å². The van der Waals surface area contributed by atoms with Gasteiger partial charge in [0.1, 0.15) is 0 Å². The van der Waals surface area contributed by atoms with Crippen molar-refractivity contribution in [3.8, 4) is 0 Å². The van der Waals surface area contributed by atoms with Gasteiger partial charge in [-0.25, -0.2) is 0 Å². The molecule has 0 aliphatic rings. The number of hydrogen-bond donors (Lipinski definition) is 0. The van der Waals surface area contributed by atoms with Crippen LogP contribution in [0.25, 0.3) is 0 Å². The van der Waals surface area contributed by atoms with Crippen LogP contribution in [-0.4, -0.2) is 0 Å². The van der Waals surface area contributed by atoms with Crippen LogP contribution >= 0.6 is 0 Å². The summed E-state index contributed by atoms with van der Waals surface area (Å²) in [5, 5.41) is 0. The summed E-state index contributed by atoms with van der Waals surface area (Å²) in [6.45, 7) is 13.0. The Hall–Kier alpha value is 3.31. The van der Waals surface area contributed by atoms with Crippen LogP contribution in [0.4, 0.5) is 0 Å². The fourth-order valence-electron chi connectivity index (χ4n) is 0. The molecule has 0 heterocycles. The summed E-state index contributed by atoms with van der Waals surface area (Å²) >= 11 is 0. The fraction of sp³-hybridized carbons (Fsp3) is 0.857. The molecule has 0 nitrogen and oxygen atoms in total. The summed E-state index contributed by atoms with van der Waals surface area (Å²) < 4.78 is 0. The van der Waals surface area contributed by atoms with Crippen molar-refractivity contribution in [1.29, 1.82) is 0 Å². The van der Waals surface area contributed by atoms with Crippen LogP contribution in [0.1, 0.15) is 42.0 Å². The molecule has 59 valence electrons. The van der Waals surface area contributed by atoms with Gasteiger partial charge >= 0.3 is 0 Å². The second-order valence-electron chi connectivity index (χ2n) is 0. The normalized spacial score (nSPS) is 1.80. The van der Waals surface area contributed by atoms with Crippen LogP contribution in [0.5, 0.6) is 0 Å². The van der Waals surface area contributed by atoms with Crippen molar-refractivity contribution >= 4 is 0 Å². The van der Waals surface area contributed by atoms with Crippen molar-refractivity contribution in [3.63, 3.8) is 0 Å². The Kier molecular flexibility index (Phi) is 728. The largest absolute Gasteiger partial charge is 0.346 e. The topological polar surface area (TPSA) is 0 Å². The third kappa shape index (κ3) is 110. The minimum atomic E-state index is 0. The molecule has 0 aromatic rings. The second-order valence-corrected chi connectivity index (χ2v) is 0. The third-order valence-corrected chi connectivity index (χ3v) is 0. The molecule has 0 aliphatic carbocycles. The molecule has 0 N–H and O–H groups in total. The van der Waals surface area contributed by atoms with Crippen molar-refractivity contribution in [2.45, 2.75) is 42.0 Å². The minimum Gasteiger partial charge on any atom is -0.346 e. The first-order valence-corrected chi connectivity index (χ1v) is 2.71. The first kappa shape index (κ1) is 50.6. The third-order valence-electron chi connectivity index (χ3n) is 0. The number of rotatable bonds is 0. The first-order chi connectivity index (χ1) is 3.00. The average Bonchev–Trinajstić information content (AvgIpc) is 1.81. The van der Waals surface area contributed by atoms with Crippen LogP contribution in [0.15, 0.2) is 0 Å². The Balaban J connectivity index is -0.00000000225. The standard InChI is InChI=1S/2C2H6.C2H5.CH4.3Y/c3*1-2;;;;/h2*1-2H3;1H2,2H3;1H4;;;/q;;-1;;;;. The molecule has 3 radical (unpaired) electrons. The molecule has 0 rings (SSSR count). The zero-order valence-electron chi connectivity index (χ0n) is 7.44. The van der Waals surface area contributed by atoms with E-state index in [-0.39, 0.29) is 106 Å². The maximum absolute atomic E-state index is 3.25. The van der Waals surface area contributed by atoms with Crippen LogP contribution in [0, 0.1) is 6.92 Å². The molecule has 0 amide bonds. The van der Waals surface area contributed by atoms with E-state index in [1.54, 1.807) is 6.92 Å². The predicted octanol–water partition coefficient (Wildman–Crippen LogP) is 3.52. The summed E-state index contributed by atoms with van der Waals surface area (Å²) in [6, 6.07) is 0. The maximum Gasteiger partial charge on any atom is 0 e. The molecule has 0 saturated carbocycles. The van der Waals surface area contributed by atoms with Crippen LogP contribution in [0.3, 0.4) is 0 Å². The van der Waals surface area contributed by atoms with Gasteiger partial charge in [-0.15, -0.1) is 0 Å². The van der Waals surface area contributed by atoms with E-state index in [1.165, 1.54) is 0 Å². The quantitative estimate of drug-likeness (QED) is 0.571. The van der Waals surface area contributed by atoms with E-state index < -0.39 is 0 Å². The molecule has 3 heteroatoms. The van der Waals surface area contributed by atoms with E-state index in [4.69, 9.17) is 0 Å². The molecule has 0 aliphatic heterocycles. The zero-order valence-corrected chi connectivity index (χ0v) is 16.0. The molecule has 10 heavy (non-hydrogen) atoms. The molecule has 0 saturated heterocycles. The van der Waals surface area contributed by atoms with Gasteiger partial charge in [-0.05, 0) is 0 Å². The van der Waals surface area contributed by atoms with Gasteiger partial charge in [0, 0.05) is 98.1 Å². The molecular formula is C7H21Y3-. The Bertz CT molecular complexity index is 8.81. The van der Waals surface area contributed by atoms with E-state index >= 15 is 0 Å². The monoisotopic (exact) mass is 372 g/mol. The summed E-state index contributed by atoms with van der Waals surface area (Å²) in [5.74, 6) is 0. The molecule has 0 aromatic heterocycles. The van der Waals surface area contributed by atoms with Crippen molar-refractivity contribution in [3.05, 3.63) is 6.92 Å². The van der Waals surface area contributed by atoms with Gasteiger partial charge in [0.2, 0.25) is 0 Å². The SMILES string of the molecule is C.CC.CC.[CH2-]C.[Y].[Y].[Y]. The maximum atomic E-state index is 3.25.